The van der Waals surface area contributed by atoms with E-state index in [-0.39, 0.29) is 18.1 Å². The van der Waals surface area contributed by atoms with E-state index in [2.05, 4.69) is 195 Å². The zero-order chi connectivity index (χ0) is 40.8. The normalized spacial score (nSPS) is 18.2. The molecule has 6 aromatic rings. The van der Waals surface area contributed by atoms with Crippen molar-refractivity contribution in [2.75, 3.05) is 0 Å². The van der Waals surface area contributed by atoms with Gasteiger partial charge in [0.25, 0.3) is 0 Å². The molecular weight excluding hydrogens is 839 g/mol. The molecule has 4 heteroatoms. The quantitative estimate of drug-likeness (QED) is 0.140. The minimum absolute atomic E-state index is 0.148. The van der Waals surface area contributed by atoms with E-state index in [1.54, 1.807) is 0 Å². The number of halogens is 2. The van der Waals surface area contributed by atoms with Gasteiger partial charge in [-0.3, -0.25) is 0 Å². The van der Waals surface area contributed by atoms with E-state index in [0.29, 0.717) is 0 Å². The number of rotatable bonds is 7. The van der Waals surface area contributed by atoms with Crippen LogP contribution in [0, 0.1) is 10.8 Å². The summed E-state index contributed by atoms with van der Waals surface area (Å²) in [6.07, 6.45) is 6.98. The fourth-order valence-electron chi connectivity index (χ4n) is 11.0. The first-order valence-corrected chi connectivity index (χ1v) is 33.1. The van der Waals surface area contributed by atoms with Crippen LogP contribution in [0.2, 0.25) is 0 Å². The molecule has 0 amide bonds. The fourth-order valence-corrected chi connectivity index (χ4v) is 39.3. The van der Waals surface area contributed by atoms with Gasteiger partial charge in [0.15, 0.2) is 0 Å². The SMILES string of the molecule is CCc1ccc2c(c1-c1ccccc1)C=C(C(C)(C)C)[CH]2[Zr]([Cl])([Cl])([c]1cccc2c1[SiH2]c1ccccc1-2)[CH]1C(C(C)(C)C)=Cc2c1ccc(CC)c2-c1ccccc1. The van der Waals surface area contributed by atoms with Crippen LogP contribution in [0.3, 0.4) is 0 Å². The Morgan fingerprint density at radius 3 is 1.43 bits per heavy atom. The van der Waals surface area contributed by atoms with Crippen molar-refractivity contribution in [1.82, 2.24) is 0 Å². The molecule has 293 valence electrons. The van der Waals surface area contributed by atoms with Crippen LogP contribution in [0.1, 0.15) is 96.0 Å². The van der Waals surface area contributed by atoms with Crippen molar-refractivity contribution in [3.8, 4) is 33.4 Å². The van der Waals surface area contributed by atoms with E-state index in [0.717, 1.165) is 12.8 Å². The van der Waals surface area contributed by atoms with Crippen molar-refractivity contribution in [2.24, 2.45) is 10.8 Å². The molecule has 6 aromatic carbocycles. The van der Waals surface area contributed by atoms with Crippen molar-refractivity contribution in [3.63, 3.8) is 0 Å². The van der Waals surface area contributed by atoms with Gasteiger partial charge in [0.2, 0.25) is 0 Å². The first-order chi connectivity index (χ1) is 27.7. The summed E-state index contributed by atoms with van der Waals surface area (Å²) >= 11 is -5.77. The van der Waals surface area contributed by atoms with E-state index in [9.17, 15) is 17.0 Å². The van der Waals surface area contributed by atoms with Gasteiger partial charge < -0.3 is 0 Å². The summed E-state index contributed by atoms with van der Waals surface area (Å²) in [5.41, 5.74) is 18.2. The summed E-state index contributed by atoms with van der Waals surface area (Å²) < 4.78 is 0.989. The predicted molar refractivity (Wildman–Crippen MR) is 254 cm³/mol. The number of fused-ring (bicyclic) bond motifs is 5. The molecule has 1 aliphatic heterocycles. The Labute approximate surface area is 357 Å². The number of benzene rings is 6. The third-order valence-corrected chi connectivity index (χ3v) is 36.1. The van der Waals surface area contributed by atoms with Crippen LogP contribution in [0.15, 0.2) is 139 Å². The summed E-state index contributed by atoms with van der Waals surface area (Å²) in [7, 11) is 18.1. The zero-order valence-corrected chi connectivity index (χ0v) is 40.7. The summed E-state index contributed by atoms with van der Waals surface area (Å²) in [5, 5.41) is 2.95. The van der Waals surface area contributed by atoms with Crippen molar-refractivity contribution in [2.45, 2.75) is 75.5 Å². The van der Waals surface area contributed by atoms with Crippen LogP contribution in [-0.4, -0.2) is 9.52 Å². The number of hydrogen-bond acceptors (Lipinski definition) is 0. The predicted octanol–water partition coefficient (Wildman–Crippen LogP) is 13.2. The Morgan fingerprint density at radius 1 is 0.517 bits per heavy atom. The Morgan fingerprint density at radius 2 is 0.966 bits per heavy atom. The summed E-state index contributed by atoms with van der Waals surface area (Å²) in [5.74, 6) is 0. The molecule has 3 aliphatic rings. The Hall–Kier alpha value is -3.52. The van der Waals surface area contributed by atoms with Crippen LogP contribution < -0.4 is 13.6 Å². The second-order valence-electron chi connectivity index (χ2n) is 19.0. The zero-order valence-electron chi connectivity index (χ0n) is 35.3. The van der Waals surface area contributed by atoms with Gasteiger partial charge in [-0.05, 0) is 0 Å². The van der Waals surface area contributed by atoms with Gasteiger partial charge >= 0.3 is 360 Å². The van der Waals surface area contributed by atoms with E-state index in [4.69, 9.17) is 0 Å². The molecule has 0 aromatic heterocycles. The Bertz CT molecular complexity index is 2540. The third-order valence-electron chi connectivity index (χ3n) is 13.6. The second kappa shape index (κ2) is 14.3. The molecule has 0 N–H and O–H groups in total. The molecule has 0 fully saturated rings. The summed E-state index contributed by atoms with van der Waals surface area (Å²) in [6.45, 7) is 18.9. The van der Waals surface area contributed by atoms with Gasteiger partial charge in [-0.15, -0.1) is 0 Å². The maximum atomic E-state index is 9.48. The first-order valence-electron chi connectivity index (χ1n) is 21.3. The second-order valence-corrected chi connectivity index (χ2v) is 41.5. The van der Waals surface area contributed by atoms with E-state index in [1.807, 2.05) is 0 Å². The maximum absolute atomic E-state index is 9.48. The Balaban J connectivity index is 1.44. The van der Waals surface area contributed by atoms with Crippen molar-refractivity contribution in [1.29, 1.82) is 0 Å². The average Bonchev–Trinajstić information content (AvgIpc) is 3.94. The average molecular weight is 894 g/mol. The van der Waals surface area contributed by atoms with Crippen molar-refractivity contribution < 1.29 is 16.4 Å². The standard InChI is InChI=1S/2C21H23.C12H9Si.2ClH.Zr/c2*1-5-15-11-12-17-13-18(21(2,3)4)14-19(17)20(15)16-9-7-6-8-10-16;1-3-7-11-9(5-1)10-6-2-4-8-12(10)13-11;;;/h2*6-14H,5H2,1-4H3;1-7H,13H2;2*1H;/q;;;;;+2/p-2. The van der Waals surface area contributed by atoms with Gasteiger partial charge in [-0.2, -0.15) is 0 Å². The van der Waals surface area contributed by atoms with Gasteiger partial charge in [0.1, 0.15) is 0 Å². The number of allylic oxidation sites excluding steroid dienone is 2. The number of aryl methyl sites for hydroxylation is 2. The number of hydrogen-bond donors (Lipinski definition) is 0. The molecule has 0 radical (unpaired) electrons. The first kappa shape index (κ1) is 39.9. The molecule has 0 saturated heterocycles. The monoisotopic (exact) mass is 891 g/mol. The molecule has 1 heterocycles. The van der Waals surface area contributed by atoms with Gasteiger partial charge in [-0.25, -0.2) is 0 Å². The summed E-state index contributed by atoms with van der Waals surface area (Å²) in [4.78, 5) is 0. The van der Waals surface area contributed by atoms with Crippen LogP contribution in [-0.2, 0) is 29.2 Å². The van der Waals surface area contributed by atoms with Crippen LogP contribution >= 0.6 is 17.0 Å². The van der Waals surface area contributed by atoms with Gasteiger partial charge in [0, 0.05) is 0 Å². The van der Waals surface area contributed by atoms with E-state index >= 15 is 0 Å². The molecule has 0 nitrogen and oxygen atoms in total. The van der Waals surface area contributed by atoms with Crippen LogP contribution in [0.4, 0.5) is 0 Å². The van der Waals surface area contributed by atoms with E-state index < -0.39 is 25.9 Å². The molecule has 2 aliphatic carbocycles. The van der Waals surface area contributed by atoms with Crippen LogP contribution in [0.25, 0.3) is 45.5 Å². The topological polar surface area (TPSA) is 0 Å². The molecule has 2 atom stereocenters. The Kier molecular flexibility index (Phi) is 9.84. The molecule has 0 spiro atoms. The minimum atomic E-state index is -5.77. The fraction of sp³-hybridized carbons (Fsp3) is 0.259. The third kappa shape index (κ3) is 6.06. The van der Waals surface area contributed by atoms with Crippen LogP contribution in [0.5, 0.6) is 0 Å². The van der Waals surface area contributed by atoms with E-state index in [1.165, 1.54) is 91.6 Å². The molecule has 2 unspecified atom stereocenters. The molecular formula is C54H55Cl2SiZr. The van der Waals surface area contributed by atoms with Crippen molar-refractivity contribution >= 4 is 52.3 Å². The van der Waals surface area contributed by atoms with Crippen molar-refractivity contribution in [3.05, 3.63) is 172 Å². The van der Waals surface area contributed by atoms with Gasteiger partial charge in [0.05, 0.1) is 0 Å². The molecule has 9 rings (SSSR count). The molecule has 0 saturated carbocycles. The summed E-state index contributed by atoms with van der Waals surface area (Å²) in [6, 6.07) is 47.8. The molecule has 58 heavy (non-hydrogen) atoms. The van der Waals surface area contributed by atoms with Gasteiger partial charge in [-0.1, -0.05) is 0 Å². The molecule has 0 bridgehead atoms.